The highest BCUT2D eigenvalue weighted by Crippen LogP contribution is 2.35. The van der Waals surface area contributed by atoms with Gasteiger partial charge in [0.1, 0.15) is 23.7 Å². The number of nitrogens with one attached hydrogen (secondary N) is 2. The minimum Gasteiger partial charge on any atom is -0.378 e. The first-order valence-electron chi connectivity index (χ1n) is 11.6. The lowest BCUT2D eigenvalue weighted by Crippen LogP contribution is -2.42. The van der Waals surface area contributed by atoms with E-state index >= 15 is 0 Å². The number of amides is 2. The van der Waals surface area contributed by atoms with E-state index in [1.165, 1.54) is 0 Å². The number of alkyl halides is 1. The fourth-order valence-electron chi connectivity index (χ4n) is 4.20. The molecule has 0 spiro atoms. The lowest BCUT2D eigenvalue weighted by atomic mass is 9.92. The highest BCUT2D eigenvalue weighted by atomic mass is 19.1. The van der Waals surface area contributed by atoms with Crippen molar-refractivity contribution in [3.63, 3.8) is 0 Å². The molecule has 0 radical (unpaired) electrons. The first kappa shape index (κ1) is 22.2. The Labute approximate surface area is 196 Å². The van der Waals surface area contributed by atoms with Crippen molar-refractivity contribution in [1.29, 1.82) is 0 Å². The lowest BCUT2D eigenvalue weighted by Gasteiger charge is -2.31. The van der Waals surface area contributed by atoms with Gasteiger partial charge < -0.3 is 15.5 Å². The van der Waals surface area contributed by atoms with Gasteiger partial charge in [0.25, 0.3) is 5.91 Å². The Kier molecular flexibility index (Phi) is 5.63. The monoisotopic (exact) mass is 463 g/mol. The van der Waals surface area contributed by atoms with Crippen LogP contribution in [0.4, 0.5) is 10.2 Å². The molecule has 176 valence electrons. The van der Waals surface area contributed by atoms with Crippen LogP contribution in [0, 0.1) is 5.92 Å². The minimum atomic E-state index is -1.09. The summed E-state index contributed by atoms with van der Waals surface area (Å²) >= 11 is 0. The van der Waals surface area contributed by atoms with Crippen LogP contribution in [0.15, 0.2) is 36.2 Å². The lowest BCUT2D eigenvalue weighted by molar-refractivity contribution is -0.119. The van der Waals surface area contributed by atoms with Crippen LogP contribution in [-0.2, 0) is 9.59 Å². The van der Waals surface area contributed by atoms with Gasteiger partial charge in [0.15, 0.2) is 5.78 Å². The average molecular weight is 464 g/mol. The van der Waals surface area contributed by atoms with Crippen LogP contribution < -0.4 is 10.6 Å². The van der Waals surface area contributed by atoms with Crippen molar-refractivity contribution >= 4 is 39.9 Å². The predicted molar refractivity (Wildman–Crippen MR) is 126 cm³/mol. The summed E-state index contributed by atoms with van der Waals surface area (Å²) in [4.78, 5) is 48.2. The van der Waals surface area contributed by atoms with Gasteiger partial charge in [-0.2, -0.15) is 0 Å². The van der Waals surface area contributed by atoms with Gasteiger partial charge in [-0.05, 0) is 31.4 Å². The zero-order valence-electron chi connectivity index (χ0n) is 19.1. The number of nitrogens with zero attached hydrogens (tertiary/aromatic N) is 3. The molecular formula is C25H26FN5O3. The smallest absolute Gasteiger partial charge is 0.273 e. The van der Waals surface area contributed by atoms with Gasteiger partial charge in [0.2, 0.25) is 5.91 Å². The van der Waals surface area contributed by atoms with E-state index in [4.69, 9.17) is 0 Å². The number of dihydropyridines is 1. The number of carbonyl (C=O) groups is 3. The maximum absolute atomic E-state index is 13.3. The van der Waals surface area contributed by atoms with E-state index in [2.05, 4.69) is 20.6 Å². The van der Waals surface area contributed by atoms with Crippen molar-refractivity contribution in [2.45, 2.75) is 45.3 Å². The minimum absolute atomic E-state index is 0.0900. The molecule has 3 aliphatic rings. The highest BCUT2D eigenvalue weighted by Gasteiger charge is 2.43. The largest absolute Gasteiger partial charge is 0.378 e. The number of Topliss-reactive ketones (excluding diaryl/α,β-unsaturated/α-hetero) is 1. The standard InChI is InChI=1S/C25H26FN5O3/c1-3-21(32)20-7-13(2)17(12-27-20)15-8-14-11-28-22(30-24(33)16-9-18(16)26)10-19(14)29-23(15)25(34)31-5-4-6-31/h7-8,10-12,16,18,20,27H,3-6,9H2,1-2H3,(H,28,30,33). The van der Waals surface area contributed by atoms with E-state index in [1.807, 2.05) is 26.0 Å². The van der Waals surface area contributed by atoms with E-state index in [0.717, 1.165) is 17.6 Å². The van der Waals surface area contributed by atoms with Crippen LogP contribution in [0.2, 0.25) is 0 Å². The van der Waals surface area contributed by atoms with Gasteiger partial charge in [0.05, 0.1) is 11.4 Å². The summed E-state index contributed by atoms with van der Waals surface area (Å²) < 4.78 is 13.2. The summed E-state index contributed by atoms with van der Waals surface area (Å²) in [5, 5.41) is 6.47. The SMILES string of the molecule is CCC(=O)C1C=C(C)C(c2cc3cnc(NC(=O)C4CC4F)cc3nc2C(=O)N2CCC2)=CN1. The number of fused-ring (bicyclic) bond motifs is 1. The Balaban J connectivity index is 1.53. The molecular weight excluding hydrogens is 437 g/mol. The van der Waals surface area contributed by atoms with Crippen LogP contribution in [0.5, 0.6) is 0 Å². The molecule has 2 N–H and O–H groups in total. The predicted octanol–water partition coefficient (Wildman–Crippen LogP) is 3.01. The third-order valence-corrected chi connectivity index (χ3v) is 6.58. The zero-order valence-corrected chi connectivity index (χ0v) is 19.1. The van der Waals surface area contributed by atoms with E-state index in [-0.39, 0.29) is 30.0 Å². The number of hydrogen-bond acceptors (Lipinski definition) is 6. The summed E-state index contributed by atoms with van der Waals surface area (Å²) in [6, 6.07) is 3.07. The molecule has 2 aromatic heterocycles. The number of likely N-dealkylation sites (tertiary alicyclic amines) is 1. The third-order valence-electron chi connectivity index (χ3n) is 6.58. The molecule has 34 heavy (non-hydrogen) atoms. The number of ketones is 1. The number of carbonyl (C=O) groups excluding carboxylic acids is 3. The Morgan fingerprint density at radius 3 is 2.65 bits per heavy atom. The van der Waals surface area contributed by atoms with Crippen molar-refractivity contribution in [1.82, 2.24) is 20.2 Å². The Morgan fingerprint density at radius 2 is 2.03 bits per heavy atom. The van der Waals surface area contributed by atoms with Crippen molar-refractivity contribution in [3.05, 3.63) is 47.4 Å². The first-order valence-corrected chi connectivity index (χ1v) is 11.6. The fourth-order valence-corrected chi connectivity index (χ4v) is 4.20. The summed E-state index contributed by atoms with van der Waals surface area (Å²) in [6.45, 7) is 5.10. The van der Waals surface area contributed by atoms with Gasteiger partial charge >= 0.3 is 0 Å². The van der Waals surface area contributed by atoms with Crippen LogP contribution in [0.3, 0.4) is 0 Å². The maximum Gasteiger partial charge on any atom is 0.273 e. The summed E-state index contributed by atoms with van der Waals surface area (Å²) in [7, 11) is 0. The Morgan fingerprint density at radius 1 is 1.26 bits per heavy atom. The Hall–Kier alpha value is -3.62. The number of halogens is 1. The number of allylic oxidation sites excluding steroid dienone is 2. The average Bonchev–Trinajstić information content (AvgIpc) is 3.53. The molecule has 2 aromatic rings. The summed E-state index contributed by atoms with van der Waals surface area (Å²) in [5.74, 6) is -0.824. The first-order chi connectivity index (χ1) is 16.4. The molecule has 8 nitrogen and oxygen atoms in total. The van der Waals surface area contributed by atoms with Gasteiger partial charge in [-0.25, -0.2) is 14.4 Å². The van der Waals surface area contributed by atoms with E-state index in [0.29, 0.717) is 41.7 Å². The van der Waals surface area contributed by atoms with E-state index in [9.17, 15) is 18.8 Å². The van der Waals surface area contributed by atoms with Crippen molar-refractivity contribution in [3.8, 4) is 0 Å². The van der Waals surface area contributed by atoms with E-state index in [1.54, 1.807) is 23.4 Å². The molecule has 9 heteroatoms. The molecule has 0 bridgehead atoms. The second kappa shape index (κ2) is 8.62. The normalized spacial score (nSPS) is 23.4. The van der Waals surface area contributed by atoms with Crippen LogP contribution >= 0.6 is 0 Å². The molecule has 0 aromatic carbocycles. The molecule has 3 atom stereocenters. The van der Waals surface area contributed by atoms with Gasteiger partial charge in [-0.3, -0.25) is 14.4 Å². The number of hydrogen-bond donors (Lipinski definition) is 2. The number of aromatic nitrogens is 2. The Bertz CT molecular complexity index is 1270. The number of anilines is 1. The number of rotatable bonds is 6. The van der Waals surface area contributed by atoms with Crippen molar-refractivity contribution in [2.24, 2.45) is 5.92 Å². The maximum atomic E-state index is 13.3. The molecule has 1 saturated heterocycles. The van der Waals surface area contributed by atoms with Gasteiger partial charge in [-0.1, -0.05) is 13.0 Å². The van der Waals surface area contributed by atoms with Crippen LogP contribution in [0.25, 0.3) is 16.5 Å². The van der Waals surface area contributed by atoms with Crippen molar-refractivity contribution < 1.29 is 18.8 Å². The summed E-state index contributed by atoms with van der Waals surface area (Å²) in [5.41, 5.74) is 3.15. The molecule has 5 rings (SSSR count). The fraction of sp³-hybridized carbons (Fsp3) is 0.400. The third kappa shape index (κ3) is 4.06. The zero-order chi connectivity index (χ0) is 24.0. The van der Waals surface area contributed by atoms with Crippen LogP contribution in [0.1, 0.15) is 49.2 Å². The van der Waals surface area contributed by atoms with Gasteiger partial charge in [-0.15, -0.1) is 0 Å². The van der Waals surface area contributed by atoms with E-state index < -0.39 is 18.0 Å². The molecule has 2 fully saturated rings. The van der Waals surface area contributed by atoms with Crippen LogP contribution in [-0.4, -0.2) is 57.8 Å². The molecule has 2 amide bonds. The second-order valence-electron chi connectivity index (χ2n) is 9.01. The highest BCUT2D eigenvalue weighted by molar-refractivity contribution is 6.03. The molecule has 1 saturated carbocycles. The molecule has 1 aliphatic carbocycles. The van der Waals surface area contributed by atoms with Crippen molar-refractivity contribution in [2.75, 3.05) is 18.4 Å². The molecule has 3 unspecified atom stereocenters. The summed E-state index contributed by atoms with van der Waals surface area (Å²) in [6.07, 6.45) is 5.75. The quantitative estimate of drug-likeness (QED) is 0.683. The number of pyridine rings is 2. The topological polar surface area (TPSA) is 104 Å². The second-order valence-corrected chi connectivity index (χ2v) is 9.01. The van der Waals surface area contributed by atoms with Gasteiger partial charge in [0, 0.05) is 54.5 Å². The molecule has 4 heterocycles. The molecule has 2 aliphatic heterocycles.